The van der Waals surface area contributed by atoms with Crippen LogP contribution < -0.4 is 5.32 Å². The first-order valence-electron chi connectivity index (χ1n) is 11.7. The van der Waals surface area contributed by atoms with E-state index in [1.165, 1.54) is 12.3 Å². The van der Waals surface area contributed by atoms with E-state index in [0.29, 0.717) is 12.5 Å². The normalized spacial score (nSPS) is 11.1. The van der Waals surface area contributed by atoms with Crippen LogP contribution >= 0.6 is 0 Å². The maximum Gasteiger partial charge on any atom is 0.258 e. The molecular weight excluding hydrogens is 455 g/mol. The Morgan fingerprint density at radius 1 is 1.00 bits per heavy atom. The van der Waals surface area contributed by atoms with E-state index < -0.39 is 5.82 Å². The smallest absolute Gasteiger partial charge is 0.258 e. The first-order valence-corrected chi connectivity index (χ1v) is 11.7. The molecule has 7 nitrogen and oxygen atoms in total. The van der Waals surface area contributed by atoms with Crippen LogP contribution in [-0.4, -0.2) is 36.8 Å². The number of aromatic amines is 1. The minimum atomic E-state index is -0.473. The number of aromatic nitrogens is 4. The molecule has 0 aliphatic heterocycles. The SMILES string of the molecule is CC(C)N(Cc1ccccc1)C(=O)c1cnc(Nc2nc3ccccc3[nH]2)nc1-c1ccccc1F.[HH].[HH]. The number of amides is 1. The fraction of sp³-hybridized carbons (Fsp3) is 0.143. The highest BCUT2D eigenvalue weighted by Crippen LogP contribution is 2.28. The molecule has 2 aromatic heterocycles. The molecule has 2 N–H and O–H groups in total. The van der Waals surface area contributed by atoms with E-state index >= 15 is 0 Å². The molecule has 0 unspecified atom stereocenters. The quantitative estimate of drug-likeness (QED) is 0.277. The molecule has 0 aliphatic carbocycles. The van der Waals surface area contributed by atoms with E-state index in [4.69, 9.17) is 0 Å². The number of fused-ring (bicyclic) bond motifs is 1. The molecule has 0 bridgehead atoms. The molecule has 0 aliphatic rings. The van der Waals surface area contributed by atoms with Gasteiger partial charge in [0.05, 0.1) is 22.3 Å². The summed E-state index contributed by atoms with van der Waals surface area (Å²) in [5, 5.41) is 3.04. The van der Waals surface area contributed by atoms with Crippen LogP contribution in [0.2, 0.25) is 0 Å². The fourth-order valence-corrected chi connectivity index (χ4v) is 4.00. The number of nitrogens with one attached hydrogen (secondary N) is 2. The van der Waals surface area contributed by atoms with E-state index in [2.05, 4.69) is 25.3 Å². The summed E-state index contributed by atoms with van der Waals surface area (Å²) in [4.78, 5) is 32.1. The summed E-state index contributed by atoms with van der Waals surface area (Å²) in [6, 6.07) is 23.5. The third-order valence-corrected chi connectivity index (χ3v) is 5.85. The van der Waals surface area contributed by atoms with Crippen molar-refractivity contribution in [3.8, 4) is 11.3 Å². The number of nitrogens with zero attached hydrogens (tertiary/aromatic N) is 4. The summed E-state index contributed by atoms with van der Waals surface area (Å²) >= 11 is 0. The van der Waals surface area contributed by atoms with Crippen molar-refractivity contribution in [1.82, 2.24) is 24.8 Å². The number of imidazole rings is 1. The predicted octanol–water partition coefficient (Wildman–Crippen LogP) is 6.45. The van der Waals surface area contributed by atoms with Crippen molar-refractivity contribution < 1.29 is 12.0 Å². The van der Waals surface area contributed by atoms with Crippen molar-refractivity contribution in [3.63, 3.8) is 0 Å². The van der Waals surface area contributed by atoms with Crippen LogP contribution in [0.5, 0.6) is 0 Å². The van der Waals surface area contributed by atoms with Crippen molar-refractivity contribution in [2.45, 2.75) is 26.4 Å². The molecule has 184 valence electrons. The van der Waals surface area contributed by atoms with Crippen LogP contribution in [0.25, 0.3) is 22.3 Å². The van der Waals surface area contributed by atoms with Gasteiger partial charge in [0.2, 0.25) is 11.9 Å². The topological polar surface area (TPSA) is 86.8 Å². The number of halogens is 1. The number of hydrogen-bond donors (Lipinski definition) is 2. The molecule has 36 heavy (non-hydrogen) atoms. The molecule has 0 spiro atoms. The minimum Gasteiger partial charge on any atom is -0.332 e. The molecule has 1 amide bonds. The lowest BCUT2D eigenvalue weighted by molar-refractivity contribution is 0.0690. The van der Waals surface area contributed by atoms with Gasteiger partial charge >= 0.3 is 0 Å². The van der Waals surface area contributed by atoms with Gasteiger partial charge in [-0.25, -0.2) is 19.3 Å². The molecule has 0 radical (unpaired) electrons. The van der Waals surface area contributed by atoms with Crippen LogP contribution in [-0.2, 0) is 6.54 Å². The lowest BCUT2D eigenvalue weighted by atomic mass is 10.0. The van der Waals surface area contributed by atoms with Gasteiger partial charge in [-0.1, -0.05) is 54.6 Å². The Balaban J connectivity index is 0.00000200. The fourth-order valence-electron chi connectivity index (χ4n) is 4.00. The van der Waals surface area contributed by atoms with E-state index in [9.17, 15) is 9.18 Å². The van der Waals surface area contributed by atoms with Crippen LogP contribution in [0, 0.1) is 5.82 Å². The Bertz CT molecular complexity index is 1490. The molecule has 2 heterocycles. The Hall–Kier alpha value is -4.59. The van der Waals surface area contributed by atoms with E-state index in [1.54, 1.807) is 23.1 Å². The van der Waals surface area contributed by atoms with Gasteiger partial charge in [-0.2, -0.15) is 0 Å². The number of benzene rings is 3. The van der Waals surface area contributed by atoms with Crippen molar-refractivity contribution in [1.29, 1.82) is 0 Å². The van der Waals surface area contributed by atoms with E-state index in [-0.39, 0.29) is 37.6 Å². The zero-order chi connectivity index (χ0) is 25.1. The van der Waals surface area contributed by atoms with Crippen LogP contribution in [0.4, 0.5) is 16.3 Å². The monoisotopic (exact) mass is 484 g/mol. The van der Waals surface area contributed by atoms with E-state index in [1.807, 2.05) is 68.4 Å². The van der Waals surface area contributed by atoms with Gasteiger partial charge < -0.3 is 9.88 Å². The van der Waals surface area contributed by atoms with Crippen molar-refractivity contribution >= 4 is 28.8 Å². The number of para-hydroxylation sites is 2. The van der Waals surface area contributed by atoms with Gasteiger partial charge in [0, 0.05) is 27.2 Å². The molecule has 3 aromatic carbocycles. The predicted molar refractivity (Wildman–Crippen MR) is 142 cm³/mol. The first kappa shape index (κ1) is 23.2. The Morgan fingerprint density at radius 2 is 1.72 bits per heavy atom. The summed E-state index contributed by atoms with van der Waals surface area (Å²) in [7, 11) is 0. The molecule has 5 aromatic rings. The Kier molecular flexibility index (Phi) is 6.40. The van der Waals surface area contributed by atoms with Gasteiger partial charge in [-0.15, -0.1) is 0 Å². The molecule has 8 heteroatoms. The van der Waals surface area contributed by atoms with Crippen molar-refractivity contribution in [2.75, 3.05) is 5.32 Å². The van der Waals surface area contributed by atoms with Gasteiger partial charge in [0.1, 0.15) is 5.82 Å². The second-order valence-corrected chi connectivity index (χ2v) is 8.68. The number of hydrogen-bond acceptors (Lipinski definition) is 5. The molecule has 5 rings (SSSR count). The summed E-state index contributed by atoms with van der Waals surface area (Å²) in [6.07, 6.45) is 1.45. The molecule has 0 saturated heterocycles. The maximum atomic E-state index is 14.9. The molecular formula is C28H29FN6O. The summed E-state index contributed by atoms with van der Waals surface area (Å²) < 4.78 is 14.9. The molecule has 0 fully saturated rings. The average Bonchev–Trinajstić information content (AvgIpc) is 3.30. The number of rotatable bonds is 7. The van der Waals surface area contributed by atoms with Crippen LogP contribution in [0.15, 0.2) is 85.1 Å². The zero-order valence-corrected chi connectivity index (χ0v) is 19.9. The number of carbonyl (C=O) groups is 1. The second-order valence-electron chi connectivity index (χ2n) is 8.68. The number of anilines is 2. The zero-order valence-electron chi connectivity index (χ0n) is 19.9. The van der Waals surface area contributed by atoms with Crippen molar-refractivity contribution in [3.05, 3.63) is 102 Å². The standard InChI is InChI=1S/C28H25FN6O.2H2/c1-18(2)35(17-19-10-4-3-5-11-19)26(36)21-16-30-27(33-25(21)20-12-6-7-13-22(20)29)34-28-31-23-14-8-9-15-24(23)32-28;;/h3-16,18H,17H2,1-2H3,(H2,30,31,32,33,34);2*1H. The number of carbonyl (C=O) groups excluding carboxylic acids is 1. The highest BCUT2D eigenvalue weighted by molar-refractivity contribution is 6.00. The Morgan fingerprint density at radius 3 is 2.47 bits per heavy atom. The summed E-state index contributed by atoms with van der Waals surface area (Å²) in [5.41, 5.74) is 3.30. The highest BCUT2D eigenvalue weighted by Gasteiger charge is 2.25. The minimum absolute atomic E-state index is 0. The maximum absolute atomic E-state index is 14.9. The van der Waals surface area contributed by atoms with Gasteiger partial charge in [-0.3, -0.25) is 10.1 Å². The molecule has 0 saturated carbocycles. The van der Waals surface area contributed by atoms with Gasteiger partial charge in [0.25, 0.3) is 5.91 Å². The Labute approximate surface area is 211 Å². The van der Waals surface area contributed by atoms with Crippen LogP contribution in [0.1, 0.15) is 32.6 Å². The number of H-pyrrole nitrogens is 1. The summed E-state index contributed by atoms with van der Waals surface area (Å²) in [5.74, 6) is -0.104. The van der Waals surface area contributed by atoms with Gasteiger partial charge in [0.15, 0.2) is 0 Å². The lowest BCUT2D eigenvalue weighted by Crippen LogP contribution is -2.37. The lowest BCUT2D eigenvalue weighted by Gasteiger charge is -2.27. The highest BCUT2D eigenvalue weighted by atomic mass is 19.1. The third-order valence-electron chi connectivity index (χ3n) is 5.85. The first-order chi connectivity index (χ1) is 17.5. The second kappa shape index (κ2) is 9.95. The third kappa shape index (κ3) is 4.79. The average molecular weight is 485 g/mol. The van der Waals surface area contributed by atoms with Gasteiger partial charge in [-0.05, 0) is 43.7 Å². The van der Waals surface area contributed by atoms with Crippen molar-refractivity contribution in [2.24, 2.45) is 0 Å². The van der Waals surface area contributed by atoms with E-state index in [0.717, 1.165) is 16.6 Å². The summed E-state index contributed by atoms with van der Waals surface area (Å²) in [6.45, 7) is 4.30. The van der Waals surface area contributed by atoms with Crippen LogP contribution in [0.3, 0.4) is 0 Å². The largest absolute Gasteiger partial charge is 0.332 e. The molecule has 0 atom stereocenters.